The van der Waals surface area contributed by atoms with E-state index < -0.39 is 5.54 Å². The molecule has 0 saturated carbocycles. The number of carbonyl (C=O) groups excluding carboxylic acids is 1. The molecule has 1 saturated heterocycles. The number of likely N-dealkylation sites (tertiary alicyclic amines) is 1. The van der Waals surface area contributed by atoms with Gasteiger partial charge in [-0.05, 0) is 61.6 Å². The smallest absolute Gasteiger partial charge is 0.201 e. The summed E-state index contributed by atoms with van der Waals surface area (Å²) in [6.45, 7) is 9.14. The molecule has 1 fully saturated rings. The van der Waals surface area contributed by atoms with E-state index in [2.05, 4.69) is 46.7 Å². The molecule has 1 aromatic heterocycles. The van der Waals surface area contributed by atoms with Crippen molar-refractivity contribution < 1.29 is 4.79 Å². The first-order valence-corrected chi connectivity index (χ1v) is 8.85. The van der Waals surface area contributed by atoms with Gasteiger partial charge >= 0.3 is 0 Å². The van der Waals surface area contributed by atoms with E-state index in [0.29, 0.717) is 0 Å². The first-order chi connectivity index (χ1) is 10.0. The molecule has 1 aliphatic rings. The third-order valence-electron chi connectivity index (χ3n) is 4.68. The number of halogens is 1. The average Bonchev–Trinajstić information content (AvgIpc) is 2.87. The molecular formula is C16H26BrN3O. The summed E-state index contributed by atoms with van der Waals surface area (Å²) in [6, 6.07) is 0. The van der Waals surface area contributed by atoms with Crippen LogP contribution in [-0.2, 0) is 6.54 Å². The van der Waals surface area contributed by atoms with E-state index in [0.717, 1.165) is 42.6 Å². The molecule has 1 atom stereocenters. The van der Waals surface area contributed by atoms with Gasteiger partial charge in [0.25, 0.3) is 0 Å². The fraction of sp³-hybridized carbons (Fsp3) is 0.750. The summed E-state index contributed by atoms with van der Waals surface area (Å²) in [6.07, 6.45) is 7.21. The SMILES string of the molecule is CCCn1ncc(Br)c1C(=O)C(C)(CC)N1CCCCC1. The molecule has 21 heavy (non-hydrogen) atoms. The Kier molecular flexibility index (Phi) is 5.60. The minimum atomic E-state index is -0.422. The lowest BCUT2D eigenvalue weighted by atomic mass is 9.87. The van der Waals surface area contributed by atoms with Crippen molar-refractivity contribution in [2.45, 2.75) is 65.0 Å². The van der Waals surface area contributed by atoms with Gasteiger partial charge in [0.15, 0.2) is 0 Å². The molecule has 0 N–H and O–H groups in total. The number of hydrogen-bond acceptors (Lipinski definition) is 3. The lowest BCUT2D eigenvalue weighted by Gasteiger charge is -2.41. The van der Waals surface area contributed by atoms with Crippen LogP contribution in [0.1, 0.15) is 63.4 Å². The Balaban J connectivity index is 2.33. The maximum Gasteiger partial charge on any atom is 0.201 e. The molecule has 1 aliphatic heterocycles. The van der Waals surface area contributed by atoms with Crippen molar-refractivity contribution in [3.63, 3.8) is 0 Å². The Labute approximate surface area is 136 Å². The van der Waals surface area contributed by atoms with E-state index in [9.17, 15) is 4.79 Å². The second-order valence-corrected chi connectivity index (χ2v) is 6.92. The monoisotopic (exact) mass is 355 g/mol. The van der Waals surface area contributed by atoms with Crippen LogP contribution < -0.4 is 0 Å². The third kappa shape index (κ3) is 3.24. The Hall–Kier alpha value is -0.680. The molecular weight excluding hydrogens is 330 g/mol. The molecule has 0 spiro atoms. The zero-order valence-corrected chi connectivity index (χ0v) is 14.9. The number of Topliss-reactive ketones (excluding diaryl/α,β-unsaturated/α-hetero) is 1. The number of carbonyl (C=O) groups is 1. The normalized spacial score (nSPS) is 19.4. The Morgan fingerprint density at radius 2 is 2.00 bits per heavy atom. The highest BCUT2D eigenvalue weighted by Gasteiger charge is 2.40. The van der Waals surface area contributed by atoms with Gasteiger partial charge in [-0.25, -0.2) is 0 Å². The lowest BCUT2D eigenvalue weighted by molar-refractivity contribution is 0.0494. The molecule has 0 amide bonds. The maximum absolute atomic E-state index is 13.2. The molecule has 2 heterocycles. The Bertz CT molecular complexity index is 494. The summed E-state index contributed by atoms with van der Waals surface area (Å²) in [5.74, 6) is 0.199. The zero-order valence-electron chi connectivity index (χ0n) is 13.4. The topological polar surface area (TPSA) is 38.1 Å². The van der Waals surface area contributed by atoms with Crippen molar-refractivity contribution >= 4 is 21.7 Å². The largest absolute Gasteiger partial charge is 0.291 e. The highest BCUT2D eigenvalue weighted by atomic mass is 79.9. The lowest BCUT2D eigenvalue weighted by Crippen LogP contribution is -2.54. The summed E-state index contributed by atoms with van der Waals surface area (Å²) in [5, 5.41) is 4.35. The molecule has 1 aromatic rings. The van der Waals surface area contributed by atoms with Crippen molar-refractivity contribution in [3.05, 3.63) is 16.4 Å². The van der Waals surface area contributed by atoms with E-state index in [1.807, 2.05) is 4.68 Å². The quantitative estimate of drug-likeness (QED) is 0.726. The molecule has 5 heteroatoms. The Morgan fingerprint density at radius 1 is 1.33 bits per heavy atom. The molecule has 0 radical (unpaired) electrons. The van der Waals surface area contributed by atoms with Crippen LogP contribution in [0.2, 0.25) is 0 Å². The number of nitrogens with zero attached hydrogens (tertiary/aromatic N) is 3. The van der Waals surface area contributed by atoms with Gasteiger partial charge in [0, 0.05) is 6.54 Å². The molecule has 2 rings (SSSR count). The molecule has 1 unspecified atom stereocenters. The zero-order chi connectivity index (χ0) is 15.5. The second kappa shape index (κ2) is 7.05. The number of hydrogen-bond donors (Lipinski definition) is 0. The highest BCUT2D eigenvalue weighted by molar-refractivity contribution is 9.10. The van der Waals surface area contributed by atoms with Gasteiger partial charge in [0.1, 0.15) is 5.69 Å². The highest BCUT2D eigenvalue weighted by Crippen LogP contribution is 2.30. The van der Waals surface area contributed by atoms with Crippen LogP contribution in [0.3, 0.4) is 0 Å². The first-order valence-electron chi connectivity index (χ1n) is 8.05. The fourth-order valence-electron chi connectivity index (χ4n) is 3.14. The van der Waals surface area contributed by atoms with Crippen LogP contribution in [0.25, 0.3) is 0 Å². The van der Waals surface area contributed by atoms with Gasteiger partial charge in [-0.3, -0.25) is 14.4 Å². The van der Waals surface area contributed by atoms with Crippen molar-refractivity contribution in [2.75, 3.05) is 13.1 Å². The predicted molar refractivity (Wildman–Crippen MR) is 88.7 cm³/mol. The second-order valence-electron chi connectivity index (χ2n) is 6.07. The average molecular weight is 356 g/mol. The Morgan fingerprint density at radius 3 is 2.57 bits per heavy atom. The van der Waals surface area contributed by atoms with Crippen LogP contribution in [0.15, 0.2) is 10.7 Å². The van der Waals surface area contributed by atoms with Crippen LogP contribution in [-0.4, -0.2) is 39.1 Å². The molecule has 0 aliphatic carbocycles. The summed E-state index contributed by atoms with van der Waals surface area (Å²) in [4.78, 5) is 15.6. The predicted octanol–water partition coefficient (Wildman–Crippen LogP) is 3.89. The summed E-state index contributed by atoms with van der Waals surface area (Å²) >= 11 is 3.51. The first kappa shape index (κ1) is 16.7. The van der Waals surface area contributed by atoms with Crippen LogP contribution in [0.4, 0.5) is 0 Å². The van der Waals surface area contributed by atoms with Gasteiger partial charge in [-0.15, -0.1) is 0 Å². The summed E-state index contributed by atoms with van der Waals surface area (Å²) in [5.41, 5.74) is 0.306. The van der Waals surface area contributed by atoms with Gasteiger partial charge in [0.05, 0.1) is 16.2 Å². The van der Waals surface area contributed by atoms with Crippen LogP contribution in [0.5, 0.6) is 0 Å². The van der Waals surface area contributed by atoms with Gasteiger partial charge in [0.2, 0.25) is 5.78 Å². The van der Waals surface area contributed by atoms with Crippen LogP contribution in [0, 0.1) is 0 Å². The maximum atomic E-state index is 13.2. The number of ketones is 1. The summed E-state index contributed by atoms with van der Waals surface area (Å²) < 4.78 is 2.67. The molecule has 0 aromatic carbocycles. The van der Waals surface area contributed by atoms with E-state index >= 15 is 0 Å². The third-order valence-corrected chi connectivity index (χ3v) is 5.26. The van der Waals surface area contributed by atoms with Gasteiger partial charge < -0.3 is 0 Å². The van der Waals surface area contributed by atoms with Crippen molar-refractivity contribution in [2.24, 2.45) is 0 Å². The fourth-order valence-corrected chi connectivity index (χ4v) is 3.62. The van der Waals surface area contributed by atoms with Crippen LogP contribution >= 0.6 is 15.9 Å². The summed E-state index contributed by atoms with van der Waals surface area (Å²) in [7, 11) is 0. The van der Waals surface area contributed by atoms with E-state index in [1.165, 1.54) is 19.3 Å². The number of aryl methyl sites for hydroxylation is 1. The van der Waals surface area contributed by atoms with Gasteiger partial charge in [-0.2, -0.15) is 5.10 Å². The molecule has 4 nitrogen and oxygen atoms in total. The standard InChI is InChI=1S/C16H26BrN3O/c1-4-9-20-14(13(17)12-18-20)15(21)16(3,5-2)19-10-7-6-8-11-19/h12H,4-11H2,1-3H3. The number of rotatable bonds is 6. The minimum absolute atomic E-state index is 0.199. The number of aromatic nitrogens is 2. The van der Waals surface area contributed by atoms with Gasteiger partial charge in [-0.1, -0.05) is 20.3 Å². The number of piperidine rings is 1. The van der Waals surface area contributed by atoms with E-state index in [-0.39, 0.29) is 5.78 Å². The van der Waals surface area contributed by atoms with E-state index in [4.69, 9.17) is 0 Å². The molecule has 118 valence electrons. The minimum Gasteiger partial charge on any atom is -0.291 e. The van der Waals surface area contributed by atoms with Crippen molar-refractivity contribution in [3.8, 4) is 0 Å². The van der Waals surface area contributed by atoms with Crippen molar-refractivity contribution in [1.82, 2.24) is 14.7 Å². The van der Waals surface area contributed by atoms with Crippen molar-refractivity contribution in [1.29, 1.82) is 0 Å². The van der Waals surface area contributed by atoms with E-state index in [1.54, 1.807) is 6.20 Å². The molecule has 0 bridgehead atoms.